The van der Waals surface area contributed by atoms with Crippen LogP contribution in [0.4, 0.5) is 5.69 Å². The lowest BCUT2D eigenvalue weighted by Crippen LogP contribution is -1.96. The van der Waals surface area contributed by atoms with Gasteiger partial charge in [-0.15, -0.1) is 0 Å². The molecule has 16 heavy (non-hydrogen) atoms. The van der Waals surface area contributed by atoms with E-state index in [0.29, 0.717) is 12.1 Å². The summed E-state index contributed by atoms with van der Waals surface area (Å²) in [4.78, 5) is 11.1. The van der Waals surface area contributed by atoms with E-state index in [-0.39, 0.29) is 5.78 Å². The second kappa shape index (κ2) is 6.21. The quantitative estimate of drug-likeness (QED) is 0.410. The van der Waals surface area contributed by atoms with Crippen LogP contribution in [0.25, 0.3) is 0 Å². The van der Waals surface area contributed by atoms with Gasteiger partial charge in [-0.1, -0.05) is 6.92 Å². The monoisotopic (exact) mass is 247 g/mol. The molecule has 0 aromatic heterocycles. The number of benzene rings is 1. The zero-order valence-electron chi connectivity index (χ0n) is 8.62. The molecule has 0 unspecified atom stereocenters. The van der Waals surface area contributed by atoms with Crippen LogP contribution in [0.15, 0.2) is 24.3 Å². The van der Waals surface area contributed by atoms with E-state index in [1.165, 1.54) is 0 Å². The molecule has 0 spiro atoms. The van der Waals surface area contributed by atoms with Crippen molar-refractivity contribution in [2.24, 2.45) is 0 Å². The molecule has 6 nitrogen and oxygen atoms in total. The van der Waals surface area contributed by atoms with Crippen LogP contribution in [0.5, 0.6) is 0 Å². The first-order chi connectivity index (χ1) is 7.24. The van der Waals surface area contributed by atoms with Gasteiger partial charge in [-0.05, 0) is 24.3 Å². The SMILES string of the molecule is CCC(=O)c1ccc(N)cc1.O=S(=O)(O)O. The lowest BCUT2D eigenvalue weighted by Gasteiger charge is -1.96. The Balaban J connectivity index is 0.000000385. The van der Waals surface area contributed by atoms with Crippen molar-refractivity contribution in [1.82, 2.24) is 0 Å². The number of nitrogen functional groups attached to an aromatic ring is 1. The molecule has 0 amide bonds. The Labute approximate surface area is 93.7 Å². The Morgan fingerprint density at radius 3 is 1.94 bits per heavy atom. The topological polar surface area (TPSA) is 118 Å². The molecule has 0 aliphatic rings. The minimum atomic E-state index is -4.67. The van der Waals surface area contributed by atoms with Crippen molar-refractivity contribution in [2.45, 2.75) is 13.3 Å². The largest absolute Gasteiger partial charge is 0.399 e. The number of ketones is 1. The standard InChI is InChI=1S/C9H11NO.H2O4S/c1-2-9(11)7-3-5-8(10)6-4-7;1-5(2,3)4/h3-6H,2,10H2,1H3;(H2,1,2,3,4). The number of carbonyl (C=O) groups is 1. The third-order valence-electron chi connectivity index (χ3n) is 1.55. The number of rotatable bonds is 2. The van der Waals surface area contributed by atoms with Crippen LogP contribution in [0.2, 0.25) is 0 Å². The number of nitrogens with two attached hydrogens (primary N) is 1. The maximum atomic E-state index is 11.1. The van der Waals surface area contributed by atoms with Gasteiger partial charge in [0.05, 0.1) is 0 Å². The molecule has 0 atom stereocenters. The number of carbonyl (C=O) groups excluding carboxylic acids is 1. The molecule has 4 N–H and O–H groups in total. The van der Waals surface area contributed by atoms with E-state index in [4.69, 9.17) is 23.3 Å². The van der Waals surface area contributed by atoms with E-state index < -0.39 is 10.4 Å². The van der Waals surface area contributed by atoms with E-state index in [1.54, 1.807) is 24.3 Å². The molecule has 0 heterocycles. The summed E-state index contributed by atoms with van der Waals surface area (Å²) in [6.07, 6.45) is 0.546. The fraction of sp³-hybridized carbons (Fsp3) is 0.222. The van der Waals surface area contributed by atoms with Crippen molar-refractivity contribution in [3.8, 4) is 0 Å². The highest BCUT2D eigenvalue weighted by molar-refractivity contribution is 7.79. The molecule has 0 radical (unpaired) electrons. The van der Waals surface area contributed by atoms with Crippen LogP contribution < -0.4 is 5.73 Å². The molecule has 1 aromatic rings. The van der Waals surface area contributed by atoms with Crippen molar-refractivity contribution >= 4 is 21.9 Å². The van der Waals surface area contributed by atoms with Crippen LogP contribution in [-0.2, 0) is 10.4 Å². The van der Waals surface area contributed by atoms with Gasteiger partial charge < -0.3 is 5.73 Å². The molecule has 7 heteroatoms. The third kappa shape index (κ3) is 7.92. The normalized spacial score (nSPS) is 10.2. The van der Waals surface area contributed by atoms with Crippen molar-refractivity contribution < 1.29 is 22.3 Å². The molecule has 1 aromatic carbocycles. The highest BCUT2D eigenvalue weighted by atomic mass is 32.3. The van der Waals surface area contributed by atoms with Gasteiger partial charge in [-0.2, -0.15) is 8.42 Å². The van der Waals surface area contributed by atoms with Gasteiger partial charge in [0, 0.05) is 17.7 Å². The van der Waals surface area contributed by atoms with Gasteiger partial charge in [-0.3, -0.25) is 13.9 Å². The van der Waals surface area contributed by atoms with Crippen molar-refractivity contribution in [1.29, 1.82) is 0 Å². The number of hydrogen-bond donors (Lipinski definition) is 3. The Bertz CT molecular complexity index is 429. The average molecular weight is 247 g/mol. The smallest absolute Gasteiger partial charge is 0.394 e. The van der Waals surface area contributed by atoms with Crippen LogP contribution in [0.1, 0.15) is 23.7 Å². The molecule has 0 bridgehead atoms. The van der Waals surface area contributed by atoms with E-state index in [1.807, 2.05) is 6.92 Å². The minimum absolute atomic E-state index is 0.157. The summed E-state index contributed by atoms with van der Waals surface area (Å²) >= 11 is 0. The molecular formula is C9H13NO5S. The van der Waals surface area contributed by atoms with Crippen molar-refractivity contribution in [2.75, 3.05) is 5.73 Å². The summed E-state index contributed by atoms with van der Waals surface area (Å²) in [7, 11) is -4.67. The summed E-state index contributed by atoms with van der Waals surface area (Å²) in [5.74, 6) is 0.157. The molecule has 0 fully saturated rings. The van der Waals surface area contributed by atoms with E-state index in [2.05, 4.69) is 0 Å². The highest BCUT2D eigenvalue weighted by Crippen LogP contribution is 2.07. The number of anilines is 1. The van der Waals surface area contributed by atoms with E-state index >= 15 is 0 Å². The van der Waals surface area contributed by atoms with Crippen molar-refractivity contribution in [3.63, 3.8) is 0 Å². The lowest BCUT2D eigenvalue weighted by atomic mass is 10.1. The molecular weight excluding hydrogens is 234 g/mol. The first-order valence-electron chi connectivity index (χ1n) is 4.32. The van der Waals surface area contributed by atoms with Gasteiger partial charge in [0.2, 0.25) is 0 Å². The second-order valence-corrected chi connectivity index (χ2v) is 3.74. The molecule has 0 aliphatic heterocycles. The summed E-state index contributed by atoms with van der Waals surface area (Å²) in [5, 5.41) is 0. The summed E-state index contributed by atoms with van der Waals surface area (Å²) < 4.78 is 31.6. The molecule has 0 aliphatic carbocycles. The third-order valence-corrected chi connectivity index (χ3v) is 1.55. The zero-order valence-corrected chi connectivity index (χ0v) is 9.44. The van der Waals surface area contributed by atoms with Gasteiger partial charge in [0.15, 0.2) is 5.78 Å². The van der Waals surface area contributed by atoms with Gasteiger partial charge >= 0.3 is 10.4 Å². The van der Waals surface area contributed by atoms with Gasteiger partial charge in [-0.25, -0.2) is 0 Å². The Morgan fingerprint density at radius 2 is 1.62 bits per heavy atom. The van der Waals surface area contributed by atoms with E-state index in [0.717, 1.165) is 5.56 Å². The summed E-state index contributed by atoms with van der Waals surface area (Å²) in [5.41, 5.74) is 6.89. The maximum Gasteiger partial charge on any atom is 0.394 e. The van der Waals surface area contributed by atoms with Crippen LogP contribution in [-0.4, -0.2) is 23.3 Å². The molecule has 1 rings (SSSR count). The van der Waals surface area contributed by atoms with E-state index in [9.17, 15) is 4.79 Å². The summed E-state index contributed by atoms with van der Waals surface area (Å²) in [6, 6.07) is 6.98. The Kier molecular flexibility index (Phi) is 5.65. The maximum absolute atomic E-state index is 11.1. The minimum Gasteiger partial charge on any atom is -0.399 e. The van der Waals surface area contributed by atoms with Crippen LogP contribution >= 0.6 is 0 Å². The zero-order chi connectivity index (χ0) is 12.8. The first-order valence-corrected chi connectivity index (χ1v) is 5.72. The molecule has 0 saturated heterocycles. The lowest BCUT2D eigenvalue weighted by molar-refractivity contribution is 0.0988. The predicted octanol–water partition coefficient (Wildman–Crippen LogP) is 1.21. The fourth-order valence-electron chi connectivity index (χ4n) is 0.873. The first kappa shape index (κ1) is 14.6. The summed E-state index contributed by atoms with van der Waals surface area (Å²) in [6.45, 7) is 1.85. The average Bonchev–Trinajstić information content (AvgIpc) is 2.15. The number of Topliss-reactive ketones (excluding diaryl/α,β-unsaturated/α-hetero) is 1. The van der Waals surface area contributed by atoms with Crippen LogP contribution in [0.3, 0.4) is 0 Å². The van der Waals surface area contributed by atoms with Gasteiger partial charge in [0.25, 0.3) is 0 Å². The Morgan fingerprint density at radius 1 is 1.25 bits per heavy atom. The molecule has 90 valence electrons. The number of hydrogen-bond acceptors (Lipinski definition) is 4. The predicted molar refractivity (Wildman–Crippen MR) is 59.7 cm³/mol. The molecule has 0 saturated carbocycles. The van der Waals surface area contributed by atoms with Crippen molar-refractivity contribution in [3.05, 3.63) is 29.8 Å². The highest BCUT2D eigenvalue weighted by Gasteiger charge is 2.00. The van der Waals surface area contributed by atoms with Crippen LogP contribution in [0, 0.1) is 0 Å². The Hall–Kier alpha value is -1.44. The fourth-order valence-corrected chi connectivity index (χ4v) is 0.873. The van der Waals surface area contributed by atoms with Gasteiger partial charge in [0.1, 0.15) is 0 Å². The second-order valence-electron chi connectivity index (χ2n) is 2.85.